The normalized spacial score (nSPS) is 9.50. The van der Waals surface area contributed by atoms with Crippen LogP contribution in [0.25, 0.3) is 0 Å². The van der Waals surface area contributed by atoms with Gasteiger partial charge in [0.05, 0.1) is 22.4 Å². The molecule has 0 saturated carbocycles. The summed E-state index contributed by atoms with van der Waals surface area (Å²) in [5.74, 6) is 0. The van der Waals surface area contributed by atoms with E-state index in [0.717, 1.165) is 0 Å². The second-order valence-corrected chi connectivity index (χ2v) is 4.05. The molecule has 1 aromatic carbocycles. The van der Waals surface area contributed by atoms with Gasteiger partial charge < -0.3 is 0 Å². The third-order valence-electron chi connectivity index (χ3n) is 1.59. The Balaban J connectivity index is 3.26. The zero-order chi connectivity index (χ0) is 10.7. The minimum absolute atomic E-state index is 0.0545. The standard InChI is InChI=1S/C8H4ClIN2O2/c9-7-3-5(12(13)14)4-8(10)6(7)1-2-11/h3-4H,1H2. The fourth-order valence-corrected chi connectivity index (χ4v) is 2.18. The number of nitro groups is 1. The highest BCUT2D eigenvalue weighted by atomic mass is 127. The molecule has 14 heavy (non-hydrogen) atoms. The van der Waals surface area contributed by atoms with E-state index >= 15 is 0 Å². The first kappa shape index (κ1) is 11.2. The van der Waals surface area contributed by atoms with Gasteiger partial charge >= 0.3 is 0 Å². The van der Waals surface area contributed by atoms with Gasteiger partial charge in [0.2, 0.25) is 0 Å². The molecule has 0 aliphatic heterocycles. The quantitative estimate of drug-likeness (QED) is 0.477. The molecule has 0 fully saturated rings. The van der Waals surface area contributed by atoms with Crippen LogP contribution >= 0.6 is 34.2 Å². The Bertz CT molecular complexity index is 405. The van der Waals surface area contributed by atoms with Gasteiger partial charge in [-0.1, -0.05) is 11.6 Å². The van der Waals surface area contributed by atoms with E-state index in [2.05, 4.69) is 0 Å². The van der Waals surface area contributed by atoms with Crippen molar-refractivity contribution in [2.24, 2.45) is 0 Å². The largest absolute Gasteiger partial charge is 0.271 e. The SMILES string of the molecule is N#CCc1c(Cl)cc([N+](=O)[O-])cc1I. The Hall–Kier alpha value is -0.870. The number of halogens is 2. The van der Waals surface area contributed by atoms with Crippen LogP contribution in [0.3, 0.4) is 0 Å². The molecule has 1 aromatic rings. The molecular formula is C8H4ClIN2O2. The number of nitro benzene ring substituents is 1. The maximum absolute atomic E-state index is 10.5. The summed E-state index contributed by atoms with van der Waals surface area (Å²) in [6.07, 6.45) is 0.162. The molecule has 0 aliphatic rings. The summed E-state index contributed by atoms with van der Waals surface area (Å²) in [6, 6.07) is 4.62. The molecule has 0 radical (unpaired) electrons. The summed E-state index contributed by atoms with van der Waals surface area (Å²) < 4.78 is 0.642. The van der Waals surface area contributed by atoms with Crippen molar-refractivity contribution in [1.82, 2.24) is 0 Å². The van der Waals surface area contributed by atoms with Crippen molar-refractivity contribution in [3.63, 3.8) is 0 Å². The Kier molecular flexibility index (Phi) is 3.66. The van der Waals surface area contributed by atoms with E-state index in [1.165, 1.54) is 12.1 Å². The fraction of sp³-hybridized carbons (Fsp3) is 0.125. The number of non-ortho nitro benzene ring substituents is 1. The van der Waals surface area contributed by atoms with Gasteiger partial charge in [-0.3, -0.25) is 10.1 Å². The summed E-state index contributed by atoms with van der Waals surface area (Å²) in [4.78, 5) is 9.94. The Labute approximate surface area is 98.8 Å². The van der Waals surface area contributed by atoms with E-state index in [-0.39, 0.29) is 17.1 Å². The van der Waals surface area contributed by atoms with Crippen molar-refractivity contribution in [3.8, 4) is 6.07 Å². The van der Waals surface area contributed by atoms with Gasteiger partial charge in [-0.25, -0.2) is 0 Å². The molecule has 6 heteroatoms. The average molecular weight is 322 g/mol. The minimum Gasteiger partial charge on any atom is -0.258 e. The lowest BCUT2D eigenvalue weighted by Gasteiger charge is -2.02. The summed E-state index contributed by atoms with van der Waals surface area (Å²) in [5, 5.41) is 19.2. The summed E-state index contributed by atoms with van der Waals surface area (Å²) in [6.45, 7) is 0. The van der Waals surface area contributed by atoms with Crippen LogP contribution in [0.2, 0.25) is 5.02 Å². The van der Waals surface area contributed by atoms with Gasteiger partial charge in [0, 0.05) is 15.7 Å². The Morgan fingerprint density at radius 2 is 2.29 bits per heavy atom. The number of nitriles is 1. The molecule has 0 unspecified atom stereocenters. The molecular weight excluding hydrogens is 318 g/mol. The third kappa shape index (κ3) is 2.33. The minimum atomic E-state index is -0.510. The predicted octanol–water partition coefficient (Wildman–Crippen LogP) is 2.92. The smallest absolute Gasteiger partial charge is 0.258 e. The average Bonchev–Trinajstić information content (AvgIpc) is 2.10. The molecule has 72 valence electrons. The van der Waals surface area contributed by atoms with E-state index < -0.39 is 4.92 Å². The summed E-state index contributed by atoms with van der Waals surface area (Å²) in [5.41, 5.74) is 0.585. The molecule has 0 amide bonds. The summed E-state index contributed by atoms with van der Waals surface area (Å²) in [7, 11) is 0. The van der Waals surface area contributed by atoms with E-state index in [1.54, 1.807) is 0 Å². The van der Waals surface area contributed by atoms with E-state index in [4.69, 9.17) is 16.9 Å². The first-order valence-electron chi connectivity index (χ1n) is 3.55. The van der Waals surface area contributed by atoms with Gasteiger partial charge in [0.25, 0.3) is 5.69 Å². The van der Waals surface area contributed by atoms with Crippen LogP contribution in [0.4, 0.5) is 5.69 Å². The second-order valence-electron chi connectivity index (χ2n) is 2.48. The topological polar surface area (TPSA) is 66.9 Å². The lowest BCUT2D eigenvalue weighted by molar-refractivity contribution is -0.384. The molecule has 0 bridgehead atoms. The van der Waals surface area contributed by atoms with Crippen LogP contribution in [-0.2, 0) is 6.42 Å². The van der Waals surface area contributed by atoms with Crippen molar-refractivity contribution < 1.29 is 4.92 Å². The van der Waals surface area contributed by atoms with Crippen LogP contribution < -0.4 is 0 Å². The number of benzene rings is 1. The lowest BCUT2D eigenvalue weighted by Crippen LogP contribution is -1.94. The zero-order valence-corrected chi connectivity index (χ0v) is 9.74. The zero-order valence-electron chi connectivity index (χ0n) is 6.83. The van der Waals surface area contributed by atoms with Crippen molar-refractivity contribution in [2.45, 2.75) is 6.42 Å². The molecule has 0 saturated heterocycles. The van der Waals surface area contributed by atoms with Crippen molar-refractivity contribution in [3.05, 3.63) is 36.4 Å². The van der Waals surface area contributed by atoms with Crippen molar-refractivity contribution in [2.75, 3.05) is 0 Å². The maximum atomic E-state index is 10.5. The molecule has 4 nitrogen and oxygen atoms in total. The van der Waals surface area contributed by atoms with Gasteiger partial charge in [-0.15, -0.1) is 0 Å². The fourth-order valence-electron chi connectivity index (χ4n) is 0.943. The molecule has 0 aromatic heterocycles. The molecule has 0 spiro atoms. The number of nitrogens with zero attached hydrogens (tertiary/aromatic N) is 2. The van der Waals surface area contributed by atoms with Crippen LogP contribution in [0, 0.1) is 25.0 Å². The van der Waals surface area contributed by atoms with Crippen molar-refractivity contribution in [1.29, 1.82) is 5.26 Å². The van der Waals surface area contributed by atoms with Crippen LogP contribution in [0.15, 0.2) is 12.1 Å². The van der Waals surface area contributed by atoms with Gasteiger partial charge in [-0.2, -0.15) is 5.26 Å². The first-order chi connectivity index (χ1) is 6.56. The predicted molar refractivity (Wildman–Crippen MR) is 60.1 cm³/mol. The highest BCUT2D eigenvalue weighted by molar-refractivity contribution is 14.1. The molecule has 0 heterocycles. The Morgan fingerprint density at radius 1 is 1.64 bits per heavy atom. The summed E-state index contributed by atoms with van der Waals surface area (Å²) >= 11 is 7.73. The van der Waals surface area contributed by atoms with Gasteiger partial charge in [-0.05, 0) is 28.2 Å². The maximum Gasteiger partial charge on any atom is 0.271 e. The Morgan fingerprint density at radius 3 is 2.71 bits per heavy atom. The third-order valence-corrected chi connectivity index (χ3v) is 2.89. The van der Waals surface area contributed by atoms with Gasteiger partial charge in [0.1, 0.15) is 0 Å². The highest BCUT2D eigenvalue weighted by Gasteiger charge is 2.13. The van der Waals surface area contributed by atoms with Crippen LogP contribution in [-0.4, -0.2) is 4.92 Å². The number of rotatable bonds is 2. The van der Waals surface area contributed by atoms with E-state index in [9.17, 15) is 10.1 Å². The highest BCUT2D eigenvalue weighted by Crippen LogP contribution is 2.27. The first-order valence-corrected chi connectivity index (χ1v) is 5.01. The molecule has 0 aliphatic carbocycles. The van der Waals surface area contributed by atoms with E-state index in [1.807, 2.05) is 28.7 Å². The van der Waals surface area contributed by atoms with Crippen LogP contribution in [0.5, 0.6) is 0 Å². The molecule has 0 atom stereocenters. The van der Waals surface area contributed by atoms with Gasteiger partial charge in [0.15, 0.2) is 0 Å². The monoisotopic (exact) mass is 322 g/mol. The van der Waals surface area contributed by atoms with Crippen molar-refractivity contribution >= 4 is 39.9 Å². The van der Waals surface area contributed by atoms with E-state index in [0.29, 0.717) is 9.13 Å². The molecule has 0 N–H and O–H groups in total. The number of hydrogen-bond acceptors (Lipinski definition) is 3. The number of hydrogen-bond donors (Lipinski definition) is 0. The van der Waals surface area contributed by atoms with Crippen LogP contribution in [0.1, 0.15) is 5.56 Å². The lowest BCUT2D eigenvalue weighted by atomic mass is 10.1. The second kappa shape index (κ2) is 4.57. The molecule has 1 rings (SSSR count).